The zero-order valence-corrected chi connectivity index (χ0v) is 16.1. The Morgan fingerprint density at radius 2 is 1.90 bits per heavy atom. The van der Waals surface area contributed by atoms with Crippen molar-refractivity contribution in [1.29, 1.82) is 0 Å². The second-order valence-corrected chi connectivity index (χ2v) is 7.06. The molecular weight excluding hydrogens is 390 g/mol. The van der Waals surface area contributed by atoms with Crippen molar-refractivity contribution in [3.8, 4) is 17.0 Å². The first-order valence-corrected chi connectivity index (χ1v) is 9.57. The normalized spacial score (nSPS) is 11.6. The summed E-state index contributed by atoms with van der Waals surface area (Å²) in [5.41, 5.74) is 2.35. The van der Waals surface area contributed by atoms with Gasteiger partial charge in [-0.2, -0.15) is 4.99 Å². The fraction of sp³-hybridized carbons (Fsp3) is 0.0476. The van der Waals surface area contributed by atoms with Gasteiger partial charge in [0.15, 0.2) is 10.6 Å². The van der Waals surface area contributed by atoms with Gasteiger partial charge in [0.25, 0.3) is 5.69 Å². The van der Waals surface area contributed by atoms with Gasteiger partial charge in [-0.15, -0.1) is 11.3 Å². The standard InChI is InChI=1S/C21H15N3O4S/c1-14-13-29-21(23(14)16-7-3-2-4-8-16)22-20(25)19-11-10-18(28-19)15-6-5-9-17(12-15)24(26)27/h2-13H,1H3. The maximum absolute atomic E-state index is 12.7. The maximum Gasteiger partial charge on any atom is 0.315 e. The molecule has 2 heterocycles. The highest BCUT2D eigenvalue weighted by atomic mass is 32.1. The predicted octanol–water partition coefficient (Wildman–Crippen LogP) is 4.76. The number of benzene rings is 2. The number of nitro groups is 1. The van der Waals surface area contributed by atoms with E-state index in [4.69, 9.17) is 4.42 Å². The van der Waals surface area contributed by atoms with Crippen LogP contribution in [-0.2, 0) is 0 Å². The molecule has 0 fully saturated rings. The molecule has 0 spiro atoms. The number of rotatable bonds is 4. The number of amides is 1. The highest BCUT2D eigenvalue weighted by Gasteiger charge is 2.15. The van der Waals surface area contributed by atoms with Crippen molar-refractivity contribution in [1.82, 2.24) is 4.57 Å². The van der Waals surface area contributed by atoms with Gasteiger partial charge in [0.2, 0.25) is 0 Å². The Morgan fingerprint density at radius 1 is 1.10 bits per heavy atom. The van der Waals surface area contributed by atoms with Crippen molar-refractivity contribution < 1.29 is 14.1 Å². The summed E-state index contributed by atoms with van der Waals surface area (Å²) in [5.74, 6) is -0.0871. The topological polar surface area (TPSA) is 90.6 Å². The van der Waals surface area contributed by atoms with Crippen LogP contribution in [0, 0.1) is 17.0 Å². The molecule has 2 aromatic carbocycles. The fourth-order valence-corrected chi connectivity index (χ4v) is 3.76. The number of aromatic nitrogens is 1. The van der Waals surface area contributed by atoms with Crippen molar-refractivity contribution in [2.75, 3.05) is 0 Å². The summed E-state index contributed by atoms with van der Waals surface area (Å²) in [7, 11) is 0. The van der Waals surface area contributed by atoms with E-state index in [1.807, 2.05) is 47.2 Å². The third-order valence-corrected chi connectivity index (χ3v) is 5.19. The van der Waals surface area contributed by atoms with E-state index in [9.17, 15) is 14.9 Å². The van der Waals surface area contributed by atoms with E-state index < -0.39 is 10.8 Å². The van der Waals surface area contributed by atoms with E-state index in [2.05, 4.69) is 4.99 Å². The van der Waals surface area contributed by atoms with Gasteiger partial charge in [0.1, 0.15) is 5.76 Å². The Labute approximate surface area is 169 Å². The number of carbonyl (C=O) groups excluding carboxylic acids is 1. The number of nitrogens with zero attached hydrogens (tertiary/aromatic N) is 3. The van der Waals surface area contributed by atoms with Gasteiger partial charge in [-0.25, -0.2) is 0 Å². The van der Waals surface area contributed by atoms with Gasteiger partial charge in [0.05, 0.1) is 4.92 Å². The first-order valence-electron chi connectivity index (χ1n) is 8.69. The minimum Gasteiger partial charge on any atom is -0.451 e. The molecule has 0 atom stereocenters. The number of furan rings is 1. The second-order valence-electron chi connectivity index (χ2n) is 6.22. The lowest BCUT2D eigenvalue weighted by Crippen LogP contribution is -2.16. The molecule has 0 aliphatic carbocycles. The number of aryl methyl sites for hydroxylation is 1. The van der Waals surface area contributed by atoms with Crippen LogP contribution in [0.4, 0.5) is 5.69 Å². The van der Waals surface area contributed by atoms with Crippen molar-refractivity contribution in [3.05, 3.63) is 98.5 Å². The van der Waals surface area contributed by atoms with E-state index in [1.54, 1.807) is 18.2 Å². The van der Waals surface area contributed by atoms with E-state index in [0.29, 0.717) is 16.1 Å². The first kappa shape index (κ1) is 18.6. The van der Waals surface area contributed by atoms with Crippen LogP contribution >= 0.6 is 11.3 Å². The number of thiazole rings is 1. The molecule has 0 N–H and O–H groups in total. The van der Waals surface area contributed by atoms with Crippen LogP contribution in [0.5, 0.6) is 0 Å². The van der Waals surface area contributed by atoms with E-state index in [0.717, 1.165) is 11.4 Å². The molecule has 4 aromatic rings. The van der Waals surface area contributed by atoms with E-state index >= 15 is 0 Å². The van der Waals surface area contributed by atoms with Crippen LogP contribution in [-0.4, -0.2) is 15.4 Å². The molecule has 29 heavy (non-hydrogen) atoms. The third kappa shape index (κ3) is 3.78. The minimum absolute atomic E-state index is 0.0468. The minimum atomic E-state index is -0.520. The van der Waals surface area contributed by atoms with Crippen molar-refractivity contribution in [2.24, 2.45) is 4.99 Å². The number of para-hydroxylation sites is 1. The molecule has 2 aromatic heterocycles. The Kier molecular flexibility index (Phi) is 4.92. The van der Waals surface area contributed by atoms with Crippen LogP contribution in [0.1, 0.15) is 16.2 Å². The van der Waals surface area contributed by atoms with Crippen LogP contribution in [0.15, 0.2) is 81.5 Å². The first-order chi connectivity index (χ1) is 14.0. The SMILES string of the molecule is Cc1csc(=NC(=O)c2ccc(-c3cccc([N+](=O)[O-])c3)o2)n1-c1ccccc1. The van der Waals surface area contributed by atoms with Crippen molar-refractivity contribution in [3.63, 3.8) is 0 Å². The van der Waals surface area contributed by atoms with Gasteiger partial charge in [-0.05, 0) is 31.2 Å². The van der Waals surface area contributed by atoms with Crippen LogP contribution < -0.4 is 4.80 Å². The summed E-state index contributed by atoms with van der Waals surface area (Å²) in [6.45, 7) is 1.94. The number of hydrogen-bond donors (Lipinski definition) is 0. The lowest BCUT2D eigenvalue weighted by molar-refractivity contribution is -0.384. The van der Waals surface area contributed by atoms with Crippen LogP contribution in [0.3, 0.4) is 0 Å². The zero-order chi connectivity index (χ0) is 20.4. The van der Waals surface area contributed by atoms with Gasteiger partial charge in [0, 0.05) is 34.5 Å². The van der Waals surface area contributed by atoms with E-state index in [1.165, 1.54) is 29.5 Å². The second kappa shape index (κ2) is 7.69. The average molecular weight is 405 g/mol. The molecule has 7 nitrogen and oxygen atoms in total. The van der Waals surface area contributed by atoms with Gasteiger partial charge in [-0.1, -0.05) is 30.3 Å². The summed E-state index contributed by atoms with van der Waals surface area (Å²) in [5, 5.41) is 12.9. The molecule has 0 bridgehead atoms. The molecular formula is C21H15N3O4S. The molecule has 1 amide bonds. The third-order valence-electron chi connectivity index (χ3n) is 4.25. The van der Waals surface area contributed by atoms with Gasteiger partial charge >= 0.3 is 5.91 Å². The number of nitro benzene ring substituents is 1. The molecule has 0 aliphatic heterocycles. The van der Waals surface area contributed by atoms with E-state index in [-0.39, 0.29) is 11.4 Å². The Morgan fingerprint density at radius 3 is 2.66 bits per heavy atom. The highest BCUT2D eigenvalue weighted by molar-refractivity contribution is 7.07. The maximum atomic E-state index is 12.7. The number of carbonyl (C=O) groups is 1. The summed E-state index contributed by atoms with van der Waals surface area (Å²) in [6.07, 6.45) is 0. The molecule has 8 heteroatoms. The Bertz CT molecular complexity index is 1270. The highest BCUT2D eigenvalue weighted by Crippen LogP contribution is 2.26. The molecule has 0 saturated heterocycles. The largest absolute Gasteiger partial charge is 0.451 e. The Hall–Kier alpha value is -3.78. The lowest BCUT2D eigenvalue weighted by atomic mass is 10.1. The summed E-state index contributed by atoms with van der Waals surface area (Å²) in [4.78, 5) is 27.9. The predicted molar refractivity (Wildman–Crippen MR) is 109 cm³/mol. The summed E-state index contributed by atoms with van der Waals surface area (Å²) in [6, 6.07) is 18.8. The van der Waals surface area contributed by atoms with Gasteiger partial charge in [-0.3, -0.25) is 19.5 Å². The molecule has 0 saturated carbocycles. The lowest BCUT2D eigenvalue weighted by Gasteiger charge is -2.04. The monoisotopic (exact) mass is 405 g/mol. The fourth-order valence-electron chi connectivity index (χ4n) is 2.88. The Balaban J connectivity index is 1.68. The van der Waals surface area contributed by atoms with Crippen LogP contribution in [0.25, 0.3) is 17.0 Å². The number of non-ortho nitro benzene ring substituents is 1. The quantitative estimate of drug-likeness (QED) is 0.362. The number of hydrogen-bond acceptors (Lipinski definition) is 5. The molecule has 144 valence electrons. The average Bonchev–Trinajstić information content (AvgIpc) is 3.36. The van der Waals surface area contributed by atoms with Crippen molar-refractivity contribution in [2.45, 2.75) is 6.92 Å². The smallest absolute Gasteiger partial charge is 0.315 e. The van der Waals surface area contributed by atoms with Crippen molar-refractivity contribution >= 4 is 22.9 Å². The molecule has 0 unspecified atom stereocenters. The van der Waals surface area contributed by atoms with Crippen LogP contribution in [0.2, 0.25) is 0 Å². The van der Waals surface area contributed by atoms with Gasteiger partial charge < -0.3 is 4.42 Å². The summed E-state index contributed by atoms with van der Waals surface area (Å²) >= 11 is 1.36. The molecule has 0 radical (unpaired) electrons. The zero-order valence-electron chi connectivity index (χ0n) is 15.3. The molecule has 0 aliphatic rings. The molecule has 4 rings (SSSR count). The summed E-state index contributed by atoms with van der Waals surface area (Å²) < 4.78 is 7.52.